The Morgan fingerprint density at radius 1 is 1.19 bits per heavy atom. The second-order valence-electron chi connectivity index (χ2n) is 10.00. The van der Waals surface area contributed by atoms with Crippen LogP contribution in [-0.2, 0) is 27.8 Å². The molecule has 0 aliphatic carbocycles. The number of rotatable bonds is 9. The van der Waals surface area contributed by atoms with E-state index in [2.05, 4.69) is 0 Å². The van der Waals surface area contributed by atoms with Crippen molar-refractivity contribution in [3.05, 3.63) is 55.7 Å². The molecule has 4 rings (SSSR count). The van der Waals surface area contributed by atoms with E-state index in [1.165, 1.54) is 16.3 Å². The zero-order chi connectivity index (χ0) is 30.6. The van der Waals surface area contributed by atoms with E-state index >= 15 is 0 Å². The van der Waals surface area contributed by atoms with Crippen LogP contribution in [0.2, 0.25) is 0 Å². The highest BCUT2D eigenvalue weighted by atomic mass is 32.2. The summed E-state index contributed by atoms with van der Waals surface area (Å²) in [5.41, 5.74) is 1.70. The van der Waals surface area contributed by atoms with Gasteiger partial charge < -0.3 is 19.1 Å². The molecule has 0 N–H and O–H groups in total. The predicted octanol–water partition coefficient (Wildman–Crippen LogP) is 3.81. The molecule has 0 unspecified atom stereocenters. The zero-order valence-electron chi connectivity index (χ0n) is 24.4. The average molecular weight is 611 g/mol. The normalized spacial score (nSPS) is 16.6. The molecule has 0 atom stereocenters. The lowest BCUT2D eigenvalue weighted by Crippen LogP contribution is -2.40. The predicted molar refractivity (Wildman–Crippen MR) is 166 cm³/mol. The SMILES string of the molecule is CCOC(=O)C1CCN(c2c(/C=C3\SC(=S)N(CCc4ccc(OC)c(OC)c4)C3=O)c(C)c(C#N)c(=O)n2C)CC1. The number of carbonyl (C=O) groups excluding carboxylic acids is 2. The van der Waals surface area contributed by atoms with Crippen LogP contribution in [0.15, 0.2) is 27.9 Å². The number of esters is 1. The summed E-state index contributed by atoms with van der Waals surface area (Å²) in [6, 6.07) is 7.65. The second-order valence-corrected chi connectivity index (χ2v) is 11.7. The molecule has 0 saturated carbocycles. The van der Waals surface area contributed by atoms with Gasteiger partial charge in [0, 0.05) is 32.2 Å². The van der Waals surface area contributed by atoms with E-state index in [1.807, 2.05) is 29.2 Å². The van der Waals surface area contributed by atoms with E-state index < -0.39 is 5.56 Å². The van der Waals surface area contributed by atoms with Crippen LogP contribution in [0.5, 0.6) is 11.5 Å². The molecule has 1 aromatic carbocycles. The minimum atomic E-state index is -0.405. The summed E-state index contributed by atoms with van der Waals surface area (Å²) in [4.78, 5) is 43.0. The van der Waals surface area contributed by atoms with E-state index in [9.17, 15) is 19.6 Å². The standard InChI is InChI=1S/C30H34N4O6S2/c1-6-40-29(37)20-10-12-33(13-11-20)26-21(18(2)22(17-31)27(35)32(26)3)16-25-28(36)34(30(41)42-25)14-9-19-7-8-23(38-4)24(15-19)39-5/h7-8,15-16,20H,6,9-14H2,1-5H3/b25-16-. The Hall–Kier alpha value is -3.82. The summed E-state index contributed by atoms with van der Waals surface area (Å²) in [5.74, 6) is 1.19. The van der Waals surface area contributed by atoms with Crippen LogP contribution in [0, 0.1) is 24.2 Å². The fourth-order valence-electron chi connectivity index (χ4n) is 5.28. The number of thiocarbonyl (C=S) groups is 1. The maximum absolute atomic E-state index is 13.6. The largest absolute Gasteiger partial charge is 0.493 e. The Bertz CT molecular complexity index is 1540. The fourth-order valence-corrected chi connectivity index (χ4v) is 6.57. The number of benzene rings is 1. The van der Waals surface area contributed by atoms with Crippen LogP contribution in [0.4, 0.5) is 5.82 Å². The zero-order valence-corrected chi connectivity index (χ0v) is 26.0. The third-order valence-electron chi connectivity index (χ3n) is 7.60. The van der Waals surface area contributed by atoms with E-state index in [0.717, 1.165) is 5.56 Å². The van der Waals surface area contributed by atoms with Gasteiger partial charge in [-0.15, -0.1) is 0 Å². The van der Waals surface area contributed by atoms with Gasteiger partial charge in [0.25, 0.3) is 11.5 Å². The van der Waals surface area contributed by atoms with Crippen molar-refractivity contribution >= 4 is 52.1 Å². The van der Waals surface area contributed by atoms with Gasteiger partial charge in [0.2, 0.25) is 0 Å². The molecule has 2 saturated heterocycles. The fraction of sp³-hybridized carbons (Fsp3) is 0.433. The van der Waals surface area contributed by atoms with E-state index in [4.69, 9.17) is 26.4 Å². The molecule has 1 aromatic heterocycles. The molecule has 2 fully saturated rings. The Labute approximate surface area is 254 Å². The number of amides is 1. The molecule has 0 spiro atoms. The lowest BCUT2D eigenvalue weighted by molar-refractivity contribution is -0.148. The molecule has 10 nitrogen and oxygen atoms in total. The molecule has 1 amide bonds. The number of aromatic nitrogens is 1. The average Bonchev–Trinajstić information content (AvgIpc) is 3.26. The third kappa shape index (κ3) is 6.17. The number of carbonyl (C=O) groups is 2. The van der Waals surface area contributed by atoms with Gasteiger partial charge in [-0.05, 0) is 62.4 Å². The Kier molecular flexibility index (Phi) is 9.96. The maximum Gasteiger partial charge on any atom is 0.309 e. The van der Waals surface area contributed by atoms with Crippen LogP contribution in [0.25, 0.3) is 6.08 Å². The van der Waals surface area contributed by atoms with Crippen molar-refractivity contribution in [2.24, 2.45) is 13.0 Å². The first kappa shape index (κ1) is 31.1. The Morgan fingerprint density at radius 2 is 1.88 bits per heavy atom. The summed E-state index contributed by atoms with van der Waals surface area (Å²) in [7, 11) is 4.78. The van der Waals surface area contributed by atoms with Gasteiger partial charge in [-0.1, -0.05) is 30.0 Å². The number of hydrogen-bond donors (Lipinski definition) is 0. The Balaban J connectivity index is 1.62. The quantitative estimate of drug-likeness (QED) is 0.236. The van der Waals surface area contributed by atoms with Gasteiger partial charge in [-0.25, -0.2) is 0 Å². The van der Waals surface area contributed by atoms with Gasteiger partial charge >= 0.3 is 5.97 Å². The monoisotopic (exact) mass is 610 g/mol. The van der Waals surface area contributed by atoms with Crippen LogP contribution in [0.3, 0.4) is 0 Å². The molecule has 2 aromatic rings. The molecule has 222 valence electrons. The van der Waals surface area contributed by atoms with Crippen molar-refractivity contribution in [1.29, 1.82) is 5.26 Å². The highest BCUT2D eigenvalue weighted by Gasteiger charge is 2.34. The lowest BCUT2D eigenvalue weighted by atomic mass is 9.95. The first-order valence-corrected chi connectivity index (χ1v) is 14.9. The maximum atomic E-state index is 13.6. The number of hydrogen-bond acceptors (Lipinski definition) is 10. The number of nitrogens with zero attached hydrogens (tertiary/aromatic N) is 4. The van der Waals surface area contributed by atoms with Crippen LogP contribution < -0.4 is 19.9 Å². The third-order valence-corrected chi connectivity index (χ3v) is 8.98. The smallest absolute Gasteiger partial charge is 0.309 e. The number of methoxy groups -OCH3 is 2. The molecule has 2 aliphatic rings. The van der Waals surface area contributed by atoms with Crippen molar-refractivity contribution in [3.63, 3.8) is 0 Å². The number of ether oxygens (including phenoxy) is 3. The summed E-state index contributed by atoms with van der Waals surface area (Å²) in [6.45, 7) is 5.26. The van der Waals surface area contributed by atoms with Crippen molar-refractivity contribution in [3.8, 4) is 17.6 Å². The minimum absolute atomic E-state index is 0.0258. The van der Waals surface area contributed by atoms with Crippen LogP contribution in [-0.4, -0.2) is 66.1 Å². The molecular weight excluding hydrogens is 576 g/mol. The second kappa shape index (κ2) is 13.4. The van der Waals surface area contributed by atoms with Crippen LogP contribution >= 0.6 is 24.0 Å². The summed E-state index contributed by atoms with van der Waals surface area (Å²) in [5, 5.41) is 9.77. The van der Waals surface area contributed by atoms with Gasteiger partial charge in [0.1, 0.15) is 21.8 Å². The van der Waals surface area contributed by atoms with Gasteiger partial charge in [0.05, 0.1) is 31.6 Å². The van der Waals surface area contributed by atoms with E-state index in [1.54, 1.807) is 46.1 Å². The molecule has 0 radical (unpaired) electrons. The number of piperidine rings is 1. The summed E-state index contributed by atoms with van der Waals surface area (Å²) in [6.07, 6.45) is 3.43. The van der Waals surface area contributed by atoms with Crippen molar-refractivity contribution < 1.29 is 23.8 Å². The van der Waals surface area contributed by atoms with Gasteiger partial charge in [-0.3, -0.25) is 23.9 Å². The molecule has 2 aliphatic heterocycles. The summed E-state index contributed by atoms with van der Waals surface area (Å²) < 4.78 is 17.8. The van der Waals surface area contributed by atoms with Crippen LogP contribution in [0.1, 0.15) is 42.0 Å². The molecule has 3 heterocycles. The van der Waals surface area contributed by atoms with Crippen molar-refractivity contribution in [2.45, 2.75) is 33.1 Å². The number of nitriles is 1. The van der Waals surface area contributed by atoms with Gasteiger partial charge in [0.15, 0.2) is 11.5 Å². The topological polar surface area (TPSA) is 114 Å². The molecule has 12 heteroatoms. The molecular formula is C30H34N4O6S2. The summed E-state index contributed by atoms with van der Waals surface area (Å²) >= 11 is 6.78. The molecule has 0 bridgehead atoms. The number of anilines is 1. The van der Waals surface area contributed by atoms with Crippen molar-refractivity contribution in [1.82, 2.24) is 9.47 Å². The highest BCUT2D eigenvalue weighted by molar-refractivity contribution is 8.26. The lowest BCUT2D eigenvalue weighted by Gasteiger charge is -2.35. The first-order valence-electron chi connectivity index (χ1n) is 13.7. The first-order chi connectivity index (χ1) is 20.1. The van der Waals surface area contributed by atoms with E-state index in [0.29, 0.717) is 83.2 Å². The molecule has 42 heavy (non-hydrogen) atoms. The number of pyridine rings is 1. The van der Waals surface area contributed by atoms with E-state index in [-0.39, 0.29) is 23.4 Å². The highest BCUT2D eigenvalue weighted by Crippen LogP contribution is 2.37. The number of thioether (sulfide) groups is 1. The van der Waals surface area contributed by atoms with Crippen molar-refractivity contribution in [2.75, 3.05) is 45.4 Å². The minimum Gasteiger partial charge on any atom is -0.493 e. The van der Waals surface area contributed by atoms with Gasteiger partial charge in [-0.2, -0.15) is 5.26 Å². The Morgan fingerprint density at radius 3 is 2.50 bits per heavy atom.